The average molecular weight is 323 g/mol. The van der Waals surface area contributed by atoms with Crippen LogP contribution in [0.2, 0.25) is 0 Å². The molecule has 0 radical (unpaired) electrons. The summed E-state index contributed by atoms with van der Waals surface area (Å²) in [5.74, 6) is 0. The maximum Gasteiger partial charge on any atom is -0.000665 e. The van der Waals surface area contributed by atoms with Gasteiger partial charge in [-0.15, -0.1) is 0 Å². The van der Waals surface area contributed by atoms with Crippen molar-refractivity contribution in [2.75, 3.05) is 0 Å². The van der Waals surface area contributed by atoms with Gasteiger partial charge in [-0.3, -0.25) is 0 Å². The van der Waals surface area contributed by atoms with Crippen LogP contribution < -0.4 is 0 Å². The number of unbranched alkanes of at least 4 members (excludes halogenated alkanes) is 4. The van der Waals surface area contributed by atoms with Crippen LogP contribution in [0.4, 0.5) is 0 Å². The number of hydrogen-bond donors (Lipinski definition) is 0. The third kappa shape index (κ3) is 5.51. The molecule has 0 heterocycles. The van der Waals surface area contributed by atoms with Crippen molar-refractivity contribution < 1.29 is 0 Å². The van der Waals surface area contributed by atoms with Crippen LogP contribution in [-0.2, 0) is 11.8 Å². The van der Waals surface area contributed by atoms with Crippen LogP contribution >= 0.6 is 0 Å². The Hall–Kier alpha value is -1.56. The molecule has 0 atom stereocenters. The highest BCUT2D eigenvalue weighted by Crippen LogP contribution is 2.39. The molecule has 2 aromatic carbocycles. The van der Waals surface area contributed by atoms with E-state index in [-0.39, 0.29) is 0 Å². The molecule has 0 aliphatic rings. The highest BCUT2D eigenvalue weighted by molar-refractivity contribution is 5.29. The molecule has 0 aromatic heterocycles. The van der Waals surface area contributed by atoms with E-state index < -0.39 is 0 Å². The summed E-state index contributed by atoms with van der Waals surface area (Å²) in [4.78, 5) is 0. The summed E-state index contributed by atoms with van der Waals surface area (Å²) in [5.41, 5.74) is 3.32. The van der Waals surface area contributed by atoms with E-state index in [4.69, 9.17) is 0 Å². The number of rotatable bonds is 11. The first kappa shape index (κ1) is 18.8. The second-order valence-electron chi connectivity index (χ2n) is 7.22. The zero-order valence-corrected chi connectivity index (χ0v) is 15.6. The summed E-state index contributed by atoms with van der Waals surface area (Å²) < 4.78 is 0. The molecule has 0 saturated carbocycles. The molecule has 0 amide bonds. The molecule has 0 bridgehead atoms. The third-order valence-corrected chi connectivity index (χ3v) is 5.29. The monoisotopic (exact) mass is 322 g/mol. The zero-order valence-electron chi connectivity index (χ0n) is 15.6. The van der Waals surface area contributed by atoms with Crippen molar-refractivity contribution in [1.29, 1.82) is 0 Å². The molecular weight excluding hydrogens is 288 g/mol. The van der Waals surface area contributed by atoms with Crippen molar-refractivity contribution in [2.45, 2.75) is 77.0 Å². The van der Waals surface area contributed by atoms with Gasteiger partial charge in [0.25, 0.3) is 0 Å². The van der Waals surface area contributed by atoms with E-state index >= 15 is 0 Å². The molecule has 0 aliphatic heterocycles. The van der Waals surface area contributed by atoms with Gasteiger partial charge in [0.05, 0.1) is 0 Å². The number of benzene rings is 2. The van der Waals surface area contributed by atoms with Crippen LogP contribution in [0, 0.1) is 0 Å². The molecule has 24 heavy (non-hydrogen) atoms. The maximum atomic E-state index is 2.36. The minimum absolute atomic E-state index is 0.299. The predicted octanol–water partition coefficient (Wildman–Crippen LogP) is 7.33. The van der Waals surface area contributed by atoms with E-state index in [1.807, 2.05) is 0 Å². The van der Waals surface area contributed by atoms with E-state index in [0.29, 0.717) is 5.41 Å². The summed E-state index contributed by atoms with van der Waals surface area (Å²) in [6.07, 6.45) is 11.7. The van der Waals surface area contributed by atoms with Gasteiger partial charge in [-0.2, -0.15) is 0 Å². The summed E-state index contributed by atoms with van der Waals surface area (Å²) in [7, 11) is 0. The minimum Gasteiger partial charge on any atom is -0.0654 e. The van der Waals surface area contributed by atoms with Gasteiger partial charge in [-0.25, -0.2) is 0 Å². The van der Waals surface area contributed by atoms with Crippen molar-refractivity contribution in [3.63, 3.8) is 0 Å². The fraction of sp³-hybridized carbons (Fsp3) is 0.500. The Morgan fingerprint density at radius 2 is 1.12 bits per heavy atom. The fourth-order valence-electron chi connectivity index (χ4n) is 3.90. The molecule has 0 unspecified atom stereocenters. The van der Waals surface area contributed by atoms with Crippen LogP contribution in [0.3, 0.4) is 0 Å². The zero-order chi connectivity index (χ0) is 17.1. The van der Waals surface area contributed by atoms with Gasteiger partial charge < -0.3 is 0 Å². The Kier molecular flexibility index (Phi) is 8.08. The lowest BCUT2D eigenvalue weighted by molar-refractivity contribution is 0.333. The SMILES string of the molecule is CCCCCC(CCCCC)(Cc1ccccc1)c1ccccc1. The smallest absolute Gasteiger partial charge is 0.000665 e. The topological polar surface area (TPSA) is 0 Å². The molecule has 130 valence electrons. The molecule has 2 rings (SSSR count). The molecule has 0 saturated heterocycles. The summed E-state index contributed by atoms with van der Waals surface area (Å²) in [6, 6.07) is 22.4. The lowest BCUT2D eigenvalue weighted by atomic mass is 9.69. The first-order valence-electron chi connectivity index (χ1n) is 9.90. The van der Waals surface area contributed by atoms with Crippen LogP contribution in [0.25, 0.3) is 0 Å². The lowest BCUT2D eigenvalue weighted by Crippen LogP contribution is -2.29. The highest BCUT2D eigenvalue weighted by atomic mass is 14.3. The summed E-state index contributed by atoms with van der Waals surface area (Å²) in [6.45, 7) is 4.61. The van der Waals surface area contributed by atoms with Gasteiger partial charge in [0.2, 0.25) is 0 Å². The quantitative estimate of drug-likeness (QED) is 0.380. The first-order chi connectivity index (χ1) is 11.8. The van der Waals surface area contributed by atoms with Crippen molar-refractivity contribution in [3.8, 4) is 0 Å². The Morgan fingerprint density at radius 1 is 0.625 bits per heavy atom. The van der Waals surface area contributed by atoms with Crippen molar-refractivity contribution in [2.24, 2.45) is 0 Å². The van der Waals surface area contributed by atoms with Gasteiger partial charge >= 0.3 is 0 Å². The van der Waals surface area contributed by atoms with Crippen LogP contribution in [-0.4, -0.2) is 0 Å². The van der Waals surface area contributed by atoms with Gasteiger partial charge in [0.15, 0.2) is 0 Å². The van der Waals surface area contributed by atoms with Crippen LogP contribution in [0.5, 0.6) is 0 Å². The highest BCUT2D eigenvalue weighted by Gasteiger charge is 2.31. The van der Waals surface area contributed by atoms with Gasteiger partial charge in [0, 0.05) is 0 Å². The number of hydrogen-bond acceptors (Lipinski definition) is 0. The molecule has 0 N–H and O–H groups in total. The Bertz CT molecular complexity index is 531. The molecule has 0 aliphatic carbocycles. The van der Waals surface area contributed by atoms with E-state index in [1.165, 1.54) is 63.4 Å². The van der Waals surface area contributed by atoms with Gasteiger partial charge in [0.1, 0.15) is 0 Å². The van der Waals surface area contributed by atoms with Crippen molar-refractivity contribution in [1.82, 2.24) is 0 Å². The largest absolute Gasteiger partial charge is 0.0654 e. The van der Waals surface area contributed by atoms with E-state index in [1.54, 1.807) is 5.56 Å². The Labute approximate surface area is 149 Å². The molecule has 0 heteroatoms. The van der Waals surface area contributed by atoms with E-state index in [2.05, 4.69) is 74.5 Å². The average Bonchev–Trinajstić information content (AvgIpc) is 2.63. The van der Waals surface area contributed by atoms with E-state index in [9.17, 15) is 0 Å². The van der Waals surface area contributed by atoms with Crippen molar-refractivity contribution >= 4 is 0 Å². The second kappa shape index (κ2) is 10.3. The second-order valence-corrected chi connectivity index (χ2v) is 7.22. The van der Waals surface area contributed by atoms with E-state index in [0.717, 1.165) is 0 Å². The molecule has 0 fully saturated rings. The standard InChI is InChI=1S/C24H34/c1-3-5-13-19-24(20-14-6-4-2,23-17-11-8-12-18-23)21-22-15-9-7-10-16-22/h7-12,15-18H,3-6,13-14,19-21H2,1-2H3. The lowest BCUT2D eigenvalue weighted by Gasteiger charge is -2.35. The third-order valence-electron chi connectivity index (χ3n) is 5.29. The van der Waals surface area contributed by atoms with Crippen LogP contribution in [0.15, 0.2) is 60.7 Å². The van der Waals surface area contributed by atoms with Crippen molar-refractivity contribution in [3.05, 3.63) is 71.8 Å². The molecule has 2 aromatic rings. The van der Waals surface area contributed by atoms with Gasteiger partial charge in [-0.05, 0) is 35.8 Å². The van der Waals surface area contributed by atoms with Crippen LogP contribution in [0.1, 0.15) is 76.3 Å². The molecule has 0 spiro atoms. The Morgan fingerprint density at radius 3 is 1.62 bits per heavy atom. The Balaban J connectivity index is 2.29. The first-order valence-corrected chi connectivity index (χ1v) is 9.90. The predicted molar refractivity (Wildman–Crippen MR) is 107 cm³/mol. The molecule has 0 nitrogen and oxygen atoms in total. The normalized spacial score (nSPS) is 11.6. The summed E-state index contributed by atoms with van der Waals surface area (Å²) >= 11 is 0. The molecular formula is C24H34. The summed E-state index contributed by atoms with van der Waals surface area (Å²) in [5, 5.41) is 0. The fourth-order valence-corrected chi connectivity index (χ4v) is 3.90. The minimum atomic E-state index is 0.299. The van der Waals surface area contributed by atoms with Gasteiger partial charge in [-0.1, -0.05) is 113 Å². The maximum absolute atomic E-state index is 2.36.